The molecule has 20 nitrogen and oxygen atoms in total. The van der Waals surface area contributed by atoms with Gasteiger partial charge in [0.05, 0.1) is 62.0 Å². The number of likely N-dealkylation sites (tertiary alicyclic amines) is 1. The van der Waals surface area contributed by atoms with Gasteiger partial charge in [-0.2, -0.15) is 0 Å². The van der Waals surface area contributed by atoms with Gasteiger partial charge in [-0.25, -0.2) is 4.79 Å². The largest absolute Gasteiger partial charge is 0.464 e. The van der Waals surface area contributed by atoms with Gasteiger partial charge in [-0.3, -0.25) is 33.7 Å². The van der Waals surface area contributed by atoms with Gasteiger partial charge in [0.25, 0.3) is 0 Å². The number of nitrogens with one attached hydrogen (secondary N) is 3. The third-order valence-corrected chi connectivity index (χ3v) is 16.2. The van der Waals surface area contributed by atoms with E-state index in [2.05, 4.69) is 29.8 Å². The molecule has 1 heterocycles. The SMILES string of the molecule is CCC(CO)OC(COC(=O)CCCC(=O)NCCCOC(=O)C1(NC(=O)[C@H](C)[C@@H](OC)[C@@H]2CCCN2C(=O)C[C@@H](OC)[C@@H](N(C)C(=O)[C@@H](NC(=O)[C@H](C(C)C)N(C)C)C(C)C)[C@@]2(C)C[C@H]2C)C[C@H]1c1ccccc1)OC. The highest BCUT2D eigenvalue weighted by molar-refractivity contribution is 5.94. The molecule has 0 spiro atoms. The number of methoxy groups -OCH3 is 3. The summed E-state index contributed by atoms with van der Waals surface area (Å²) in [5, 5.41) is 18.3. The van der Waals surface area contributed by atoms with Crippen molar-refractivity contribution in [3.05, 3.63) is 35.9 Å². The van der Waals surface area contributed by atoms with Gasteiger partial charge in [-0.05, 0) is 87.8 Å². The Morgan fingerprint density at radius 2 is 1.55 bits per heavy atom. The van der Waals surface area contributed by atoms with Crippen LogP contribution >= 0.6 is 0 Å². The molecule has 1 saturated heterocycles. The molecule has 77 heavy (non-hydrogen) atoms. The van der Waals surface area contributed by atoms with Gasteiger partial charge in [-0.15, -0.1) is 0 Å². The molecule has 3 aliphatic rings. The zero-order valence-corrected chi connectivity index (χ0v) is 48.6. The van der Waals surface area contributed by atoms with Crippen molar-refractivity contribution < 1.29 is 67.1 Å². The summed E-state index contributed by atoms with van der Waals surface area (Å²) in [7, 11) is 9.93. The number of likely N-dealkylation sites (N-methyl/N-ethyl adjacent to an activating group) is 2. The van der Waals surface area contributed by atoms with E-state index in [1.165, 1.54) is 14.2 Å². The summed E-state index contributed by atoms with van der Waals surface area (Å²) in [5.41, 5.74) is -0.834. The van der Waals surface area contributed by atoms with E-state index in [1.54, 1.807) is 30.9 Å². The van der Waals surface area contributed by atoms with Crippen LogP contribution in [0.2, 0.25) is 0 Å². The van der Waals surface area contributed by atoms with Gasteiger partial charge < -0.3 is 59.3 Å². The molecule has 1 aromatic rings. The number of aliphatic hydroxyl groups is 1. The number of benzene rings is 1. The number of carbonyl (C=O) groups is 7. The zero-order chi connectivity index (χ0) is 57.4. The molecule has 4 rings (SSSR count). The fourth-order valence-electron chi connectivity index (χ4n) is 11.3. The number of hydrogen-bond donors (Lipinski definition) is 4. The molecule has 13 atom stereocenters. The maximum Gasteiger partial charge on any atom is 0.332 e. The second-order valence-corrected chi connectivity index (χ2v) is 22.7. The lowest BCUT2D eigenvalue weighted by molar-refractivity contribution is -0.194. The summed E-state index contributed by atoms with van der Waals surface area (Å²) in [6.07, 6.45) is 0.884. The minimum Gasteiger partial charge on any atom is -0.464 e. The van der Waals surface area contributed by atoms with Crippen molar-refractivity contribution in [2.75, 3.05) is 75.4 Å². The third kappa shape index (κ3) is 17.1. The third-order valence-electron chi connectivity index (χ3n) is 16.2. The van der Waals surface area contributed by atoms with Crippen molar-refractivity contribution in [1.29, 1.82) is 0 Å². The van der Waals surface area contributed by atoms with Crippen molar-refractivity contribution in [3.63, 3.8) is 0 Å². The number of rotatable bonds is 34. The maximum atomic E-state index is 14.6. The van der Waals surface area contributed by atoms with Crippen molar-refractivity contribution in [3.8, 4) is 0 Å². The minimum atomic E-state index is -1.35. The molecule has 4 N–H and O–H groups in total. The quantitative estimate of drug-likeness (QED) is 0.0430. The normalized spacial score (nSPS) is 24.0. The van der Waals surface area contributed by atoms with E-state index in [1.807, 2.05) is 83.9 Å². The fourth-order valence-corrected chi connectivity index (χ4v) is 11.3. The number of esters is 2. The van der Waals surface area contributed by atoms with Crippen LogP contribution in [0.1, 0.15) is 131 Å². The number of nitrogens with zero attached hydrogens (tertiary/aromatic N) is 3. The van der Waals surface area contributed by atoms with Crippen LogP contribution in [-0.2, 0) is 62.0 Å². The maximum absolute atomic E-state index is 14.6. The van der Waals surface area contributed by atoms with Gasteiger partial charge in [0.1, 0.15) is 18.2 Å². The summed E-state index contributed by atoms with van der Waals surface area (Å²) < 4.78 is 34.0. The summed E-state index contributed by atoms with van der Waals surface area (Å²) in [5.74, 6) is -3.59. The van der Waals surface area contributed by atoms with E-state index in [-0.39, 0.29) is 105 Å². The molecule has 0 bridgehead atoms. The highest BCUT2D eigenvalue weighted by atomic mass is 16.7. The molecule has 20 heteroatoms. The second kappa shape index (κ2) is 30.0. The Balaban J connectivity index is 1.37. The Hall–Kier alpha value is -4.73. The van der Waals surface area contributed by atoms with Crippen molar-refractivity contribution >= 4 is 41.5 Å². The van der Waals surface area contributed by atoms with E-state index in [0.717, 1.165) is 12.0 Å². The highest BCUT2D eigenvalue weighted by Gasteiger charge is 2.64. The molecule has 1 aromatic carbocycles. The Labute approximate surface area is 458 Å². The average molecular weight is 1090 g/mol. The number of carbonyl (C=O) groups excluding carboxylic acids is 7. The van der Waals surface area contributed by atoms with Gasteiger partial charge in [0.15, 0.2) is 6.29 Å². The van der Waals surface area contributed by atoms with Crippen molar-refractivity contribution in [2.24, 2.45) is 29.1 Å². The van der Waals surface area contributed by atoms with E-state index in [9.17, 15) is 38.7 Å². The summed E-state index contributed by atoms with van der Waals surface area (Å²) in [6.45, 7) is 15.9. The Bertz CT molecular complexity index is 2080. The molecule has 5 amide bonds. The lowest BCUT2D eigenvalue weighted by Gasteiger charge is -2.42. The number of amides is 5. The molecule has 0 aromatic heterocycles. The molecule has 3 fully saturated rings. The van der Waals surface area contributed by atoms with E-state index >= 15 is 0 Å². The van der Waals surface area contributed by atoms with Crippen LogP contribution in [0.4, 0.5) is 0 Å². The van der Waals surface area contributed by atoms with Crippen LogP contribution in [0.25, 0.3) is 0 Å². The van der Waals surface area contributed by atoms with Crippen molar-refractivity contribution in [2.45, 2.75) is 180 Å². The molecule has 1 aliphatic heterocycles. The van der Waals surface area contributed by atoms with Crippen molar-refractivity contribution in [1.82, 2.24) is 30.7 Å². The second-order valence-electron chi connectivity index (χ2n) is 22.7. The predicted molar refractivity (Wildman–Crippen MR) is 289 cm³/mol. The minimum absolute atomic E-state index is 0.00705. The standard InChI is InChI=1S/C57H94N6O14/c1-15-40(33-64)77-47(73-13)34-76-46(67)26-19-25-44(65)58-27-21-29-75-55(71)57(32-41(57)39-22-17-16-18-23-39)60-52(68)38(7)50(74-14)42-24-20-28-63(42)45(66)30-43(72-12)51(56(8)31-37(56)6)62(11)54(70)48(35(2)3)59-53(69)49(36(4)5)61(9)10/h16-18,22-23,35-38,40-43,47-51,64H,15,19-21,24-34H2,1-14H3,(H,58,65)(H,59,69)(H,60,68)/t37-,38-,40?,41+,42+,43-,47?,48+,49+,50-,51-,56+,57?/m1/s1. The summed E-state index contributed by atoms with van der Waals surface area (Å²) in [4.78, 5) is 101. The number of ether oxygens (including phenoxy) is 6. The smallest absolute Gasteiger partial charge is 0.332 e. The molecule has 436 valence electrons. The molecular weight excluding hydrogens is 993 g/mol. The Morgan fingerprint density at radius 3 is 2.10 bits per heavy atom. The van der Waals surface area contributed by atoms with E-state index in [0.29, 0.717) is 38.6 Å². The zero-order valence-electron chi connectivity index (χ0n) is 48.6. The summed E-state index contributed by atoms with van der Waals surface area (Å²) in [6, 6.07) is 7.22. The fraction of sp³-hybridized carbons (Fsp3) is 0.772. The summed E-state index contributed by atoms with van der Waals surface area (Å²) >= 11 is 0. The molecule has 3 unspecified atom stereocenters. The van der Waals surface area contributed by atoms with Gasteiger partial charge >= 0.3 is 11.9 Å². The first-order valence-electron chi connectivity index (χ1n) is 27.8. The Kier molecular flexibility index (Phi) is 25.3. The van der Waals surface area contributed by atoms with Crippen LogP contribution in [0, 0.1) is 29.1 Å². The first-order valence-corrected chi connectivity index (χ1v) is 27.8. The number of aliphatic hydroxyl groups excluding tert-OH is 1. The lowest BCUT2D eigenvalue weighted by atomic mass is 9.87. The van der Waals surface area contributed by atoms with Crippen LogP contribution in [0.15, 0.2) is 30.3 Å². The first kappa shape index (κ1) is 64.8. The van der Waals surface area contributed by atoms with Crippen LogP contribution in [-0.4, -0.2) is 191 Å². The topological polar surface area (TPSA) is 241 Å². The van der Waals surface area contributed by atoms with Gasteiger partial charge in [0.2, 0.25) is 29.5 Å². The molecule has 2 saturated carbocycles. The monoisotopic (exact) mass is 1090 g/mol. The van der Waals surface area contributed by atoms with Crippen LogP contribution in [0.3, 0.4) is 0 Å². The molecule has 0 radical (unpaired) electrons. The molecule has 2 aliphatic carbocycles. The van der Waals surface area contributed by atoms with Gasteiger partial charge in [0, 0.05) is 60.2 Å². The van der Waals surface area contributed by atoms with Crippen LogP contribution < -0.4 is 16.0 Å². The first-order chi connectivity index (χ1) is 36.5. The van der Waals surface area contributed by atoms with E-state index < -0.39 is 78.1 Å². The lowest BCUT2D eigenvalue weighted by Crippen LogP contribution is -2.60. The highest BCUT2D eigenvalue weighted by Crippen LogP contribution is 2.57. The van der Waals surface area contributed by atoms with Gasteiger partial charge in [-0.1, -0.05) is 85.7 Å². The number of hydrogen-bond acceptors (Lipinski definition) is 15. The predicted octanol–water partition coefficient (Wildman–Crippen LogP) is 4.20. The average Bonchev–Trinajstić information content (AvgIpc) is 4.23. The van der Waals surface area contributed by atoms with Crippen LogP contribution in [0.5, 0.6) is 0 Å². The van der Waals surface area contributed by atoms with E-state index in [4.69, 9.17) is 28.4 Å². The molecular formula is C57H94N6O14. The Morgan fingerprint density at radius 1 is 0.870 bits per heavy atom.